The molecule has 0 amide bonds. The lowest BCUT2D eigenvalue weighted by atomic mass is 10.1. The predicted octanol–water partition coefficient (Wildman–Crippen LogP) is 2.37. The zero-order chi connectivity index (χ0) is 12.9. The first-order valence-corrected chi connectivity index (χ1v) is 7.25. The van der Waals surface area contributed by atoms with Gasteiger partial charge in [-0.3, -0.25) is 0 Å². The van der Waals surface area contributed by atoms with Crippen molar-refractivity contribution in [1.82, 2.24) is 10.2 Å². The van der Waals surface area contributed by atoms with Crippen LogP contribution in [0.3, 0.4) is 0 Å². The molecule has 1 N–H and O–H groups in total. The second-order valence-electron chi connectivity index (χ2n) is 4.71. The average Bonchev–Trinajstić information content (AvgIpc) is 2.35. The van der Waals surface area contributed by atoms with E-state index in [2.05, 4.69) is 31.0 Å². The third kappa shape index (κ3) is 10.7. The summed E-state index contributed by atoms with van der Waals surface area (Å²) in [7, 11) is 0. The van der Waals surface area contributed by atoms with E-state index in [1.807, 2.05) is 6.92 Å². The fraction of sp³-hybridized carbons (Fsp3) is 1.00. The molecule has 0 heterocycles. The molecule has 3 heteroatoms. The Morgan fingerprint density at radius 2 is 1.94 bits per heavy atom. The van der Waals surface area contributed by atoms with Gasteiger partial charge in [0, 0.05) is 32.8 Å². The number of hydrogen-bond donors (Lipinski definition) is 1. The number of nitrogens with one attached hydrogen (secondary N) is 1. The van der Waals surface area contributed by atoms with Gasteiger partial charge >= 0.3 is 0 Å². The molecule has 0 aliphatic carbocycles. The second kappa shape index (κ2) is 12.3. The molecule has 0 saturated carbocycles. The van der Waals surface area contributed by atoms with Crippen LogP contribution in [0.25, 0.3) is 0 Å². The SMILES string of the molecule is CCOCCCNCCN(CC)CC(C)CC. The van der Waals surface area contributed by atoms with Crippen molar-refractivity contribution < 1.29 is 4.74 Å². The Hall–Kier alpha value is -0.120. The minimum absolute atomic E-state index is 0.813. The molecule has 0 aromatic rings. The smallest absolute Gasteiger partial charge is 0.0477 e. The van der Waals surface area contributed by atoms with Gasteiger partial charge in [0.05, 0.1) is 0 Å². The van der Waals surface area contributed by atoms with Crippen molar-refractivity contribution in [3.05, 3.63) is 0 Å². The predicted molar refractivity (Wildman–Crippen MR) is 75.5 cm³/mol. The highest BCUT2D eigenvalue weighted by Crippen LogP contribution is 2.03. The van der Waals surface area contributed by atoms with Crippen LogP contribution in [0.4, 0.5) is 0 Å². The summed E-state index contributed by atoms with van der Waals surface area (Å²) in [6.45, 7) is 16.3. The van der Waals surface area contributed by atoms with Gasteiger partial charge in [-0.1, -0.05) is 27.2 Å². The van der Waals surface area contributed by atoms with Crippen LogP contribution in [0.15, 0.2) is 0 Å². The van der Waals surface area contributed by atoms with E-state index in [1.165, 1.54) is 13.0 Å². The van der Waals surface area contributed by atoms with Gasteiger partial charge in [0.25, 0.3) is 0 Å². The number of ether oxygens (including phenoxy) is 1. The van der Waals surface area contributed by atoms with Gasteiger partial charge in [-0.25, -0.2) is 0 Å². The maximum Gasteiger partial charge on any atom is 0.0477 e. The monoisotopic (exact) mass is 244 g/mol. The third-order valence-corrected chi connectivity index (χ3v) is 3.17. The minimum atomic E-state index is 0.813. The zero-order valence-corrected chi connectivity index (χ0v) is 12.3. The molecule has 0 aromatic carbocycles. The molecule has 0 rings (SSSR count). The molecular formula is C14H32N2O. The van der Waals surface area contributed by atoms with Gasteiger partial charge in [0.2, 0.25) is 0 Å². The summed E-state index contributed by atoms with van der Waals surface area (Å²) in [5, 5.41) is 3.48. The molecule has 0 radical (unpaired) electrons. The maximum absolute atomic E-state index is 5.30. The van der Waals surface area contributed by atoms with Crippen molar-refractivity contribution in [1.29, 1.82) is 0 Å². The summed E-state index contributed by atoms with van der Waals surface area (Å²) in [6, 6.07) is 0. The minimum Gasteiger partial charge on any atom is -0.382 e. The zero-order valence-electron chi connectivity index (χ0n) is 12.3. The standard InChI is InChI=1S/C14H32N2O/c1-5-14(4)13-16(6-2)11-10-15-9-8-12-17-7-3/h14-15H,5-13H2,1-4H3. The molecule has 0 bridgehead atoms. The van der Waals surface area contributed by atoms with Gasteiger partial charge in [0.15, 0.2) is 0 Å². The van der Waals surface area contributed by atoms with Crippen molar-refractivity contribution in [3.8, 4) is 0 Å². The Kier molecular flexibility index (Phi) is 12.3. The molecule has 0 aromatic heterocycles. The molecule has 104 valence electrons. The lowest BCUT2D eigenvalue weighted by molar-refractivity contribution is 0.144. The summed E-state index contributed by atoms with van der Waals surface area (Å²) in [6.07, 6.45) is 2.39. The Bertz CT molecular complexity index is 153. The first-order chi connectivity index (χ1) is 8.24. The fourth-order valence-electron chi connectivity index (χ4n) is 1.75. The van der Waals surface area contributed by atoms with Crippen LogP contribution in [-0.4, -0.2) is 50.8 Å². The van der Waals surface area contributed by atoms with Crippen molar-refractivity contribution in [3.63, 3.8) is 0 Å². The van der Waals surface area contributed by atoms with E-state index in [0.717, 1.165) is 51.7 Å². The highest BCUT2D eigenvalue weighted by atomic mass is 16.5. The van der Waals surface area contributed by atoms with Crippen LogP contribution in [0, 0.1) is 5.92 Å². The topological polar surface area (TPSA) is 24.5 Å². The Labute approximate surface area is 108 Å². The van der Waals surface area contributed by atoms with E-state index in [9.17, 15) is 0 Å². The number of nitrogens with zero attached hydrogens (tertiary/aromatic N) is 1. The second-order valence-corrected chi connectivity index (χ2v) is 4.71. The Balaban J connectivity index is 3.37. The highest BCUT2D eigenvalue weighted by Gasteiger charge is 2.06. The molecule has 0 spiro atoms. The van der Waals surface area contributed by atoms with Gasteiger partial charge in [-0.05, 0) is 32.4 Å². The maximum atomic E-state index is 5.30. The summed E-state index contributed by atoms with van der Waals surface area (Å²) < 4.78 is 5.30. The molecule has 0 fully saturated rings. The molecule has 1 unspecified atom stereocenters. The number of rotatable bonds is 12. The summed E-state index contributed by atoms with van der Waals surface area (Å²) >= 11 is 0. The van der Waals surface area contributed by atoms with E-state index in [1.54, 1.807) is 0 Å². The largest absolute Gasteiger partial charge is 0.382 e. The lowest BCUT2D eigenvalue weighted by Gasteiger charge is -2.23. The van der Waals surface area contributed by atoms with Crippen LogP contribution < -0.4 is 5.32 Å². The van der Waals surface area contributed by atoms with Crippen molar-refractivity contribution in [2.75, 3.05) is 45.9 Å². The van der Waals surface area contributed by atoms with E-state index in [-0.39, 0.29) is 0 Å². The molecule has 3 nitrogen and oxygen atoms in total. The van der Waals surface area contributed by atoms with E-state index in [4.69, 9.17) is 4.74 Å². The summed E-state index contributed by atoms with van der Waals surface area (Å²) in [4.78, 5) is 2.53. The van der Waals surface area contributed by atoms with Gasteiger partial charge in [0.1, 0.15) is 0 Å². The average molecular weight is 244 g/mol. The third-order valence-electron chi connectivity index (χ3n) is 3.17. The Morgan fingerprint density at radius 1 is 1.18 bits per heavy atom. The molecule has 0 aliphatic rings. The van der Waals surface area contributed by atoms with E-state index in [0.29, 0.717) is 0 Å². The quantitative estimate of drug-likeness (QED) is 0.533. The van der Waals surface area contributed by atoms with Gasteiger partial charge in [-0.15, -0.1) is 0 Å². The lowest BCUT2D eigenvalue weighted by Crippen LogP contribution is -2.35. The fourth-order valence-corrected chi connectivity index (χ4v) is 1.75. The van der Waals surface area contributed by atoms with Gasteiger partial charge < -0.3 is 15.0 Å². The Morgan fingerprint density at radius 3 is 2.53 bits per heavy atom. The van der Waals surface area contributed by atoms with E-state index < -0.39 is 0 Å². The van der Waals surface area contributed by atoms with Crippen LogP contribution >= 0.6 is 0 Å². The van der Waals surface area contributed by atoms with E-state index >= 15 is 0 Å². The molecule has 0 saturated heterocycles. The van der Waals surface area contributed by atoms with Crippen LogP contribution in [0.5, 0.6) is 0 Å². The molecule has 17 heavy (non-hydrogen) atoms. The first kappa shape index (κ1) is 16.9. The number of likely N-dealkylation sites (N-methyl/N-ethyl adjacent to an activating group) is 1. The van der Waals surface area contributed by atoms with Crippen molar-refractivity contribution >= 4 is 0 Å². The molecular weight excluding hydrogens is 212 g/mol. The first-order valence-electron chi connectivity index (χ1n) is 7.25. The highest BCUT2D eigenvalue weighted by molar-refractivity contribution is 4.62. The summed E-state index contributed by atoms with van der Waals surface area (Å²) in [5.41, 5.74) is 0. The van der Waals surface area contributed by atoms with Crippen molar-refractivity contribution in [2.24, 2.45) is 5.92 Å². The van der Waals surface area contributed by atoms with Gasteiger partial charge in [-0.2, -0.15) is 0 Å². The van der Waals surface area contributed by atoms with Crippen LogP contribution in [0.1, 0.15) is 40.5 Å². The normalized spacial score (nSPS) is 13.2. The van der Waals surface area contributed by atoms with Crippen molar-refractivity contribution in [2.45, 2.75) is 40.5 Å². The summed E-state index contributed by atoms with van der Waals surface area (Å²) in [5.74, 6) is 0.813. The van der Waals surface area contributed by atoms with Crippen LogP contribution in [0.2, 0.25) is 0 Å². The number of hydrogen-bond acceptors (Lipinski definition) is 3. The van der Waals surface area contributed by atoms with Crippen LogP contribution in [-0.2, 0) is 4.74 Å². The molecule has 1 atom stereocenters. The molecule has 0 aliphatic heterocycles.